The van der Waals surface area contributed by atoms with Crippen molar-refractivity contribution in [2.45, 2.75) is 26.7 Å². The molecule has 0 aliphatic heterocycles. The molecule has 18 heavy (non-hydrogen) atoms. The van der Waals surface area contributed by atoms with Gasteiger partial charge in [0.15, 0.2) is 11.6 Å². The van der Waals surface area contributed by atoms with Crippen molar-refractivity contribution < 1.29 is 4.42 Å². The van der Waals surface area contributed by atoms with Gasteiger partial charge in [-0.05, 0) is 47.6 Å². The number of hydrogen-bond acceptors (Lipinski definition) is 4. The molecule has 0 saturated carbocycles. The number of nitrogens with zero attached hydrogens (tertiary/aromatic N) is 2. The Bertz CT molecular complexity index is 563. The van der Waals surface area contributed by atoms with Crippen molar-refractivity contribution in [3.05, 3.63) is 27.2 Å². The standard InChI is InChI=1S/C13H16IN3O/c1-7(2)11-10(14)13(15-4)17-12(16-11)9-6-5-8(3)18-9/h5-7H,1-4H3,(H,15,16,17). The van der Waals surface area contributed by atoms with Gasteiger partial charge in [0.1, 0.15) is 11.6 Å². The zero-order valence-corrected chi connectivity index (χ0v) is 13.1. The number of rotatable bonds is 3. The molecule has 0 amide bonds. The summed E-state index contributed by atoms with van der Waals surface area (Å²) in [5.41, 5.74) is 1.04. The summed E-state index contributed by atoms with van der Waals surface area (Å²) in [6.45, 7) is 6.17. The molecule has 0 bridgehead atoms. The highest BCUT2D eigenvalue weighted by Crippen LogP contribution is 2.28. The third-order valence-corrected chi connectivity index (χ3v) is 3.68. The van der Waals surface area contributed by atoms with Crippen molar-refractivity contribution in [3.8, 4) is 11.6 Å². The summed E-state index contributed by atoms with van der Waals surface area (Å²) >= 11 is 2.28. The van der Waals surface area contributed by atoms with Crippen molar-refractivity contribution in [2.24, 2.45) is 0 Å². The van der Waals surface area contributed by atoms with Gasteiger partial charge < -0.3 is 9.73 Å². The van der Waals surface area contributed by atoms with Gasteiger partial charge >= 0.3 is 0 Å². The molecule has 0 fully saturated rings. The third kappa shape index (κ3) is 2.50. The Hall–Kier alpha value is -1.11. The molecule has 0 unspecified atom stereocenters. The van der Waals surface area contributed by atoms with E-state index in [0.29, 0.717) is 17.5 Å². The second kappa shape index (κ2) is 5.26. The Labute approximate surface area is 120 Å². The van der Waals surface area contributed by atoms with Crippen molar-refractivity contribution >= 4 is 28.4 Å². The predicted molar refractivity (Wildman–Crippen MR) is 80.8 cm³/mol. The highest BCUT2D eigenvalue weighted by Gasteiger charge is 2.16. The van der Waals surface area contributed by atoms with E-state index in [1.165, 1.54) is 0 Å². The number of furan rings is 1. The van der Waals surface area contributed by atoms with Crippen LogP contribution in [-0.4, -0.2) is 17.0 Å². The Morgan fingerprint density at radius 1 is 1.28 bits per heavy atom. The average molecular weight is 357 g/mol. The molecule has 0 aliphatic carbocycles. The van der Waals surface area contributed by atoms with Crippen LogP contribution < -0.4 is 5.32 Å². The maximum Gasteiger partial charge on any atom is 0.197 e. The first-order valence-corrected chi connectivity index (χ1v) is 6.92. The van der Waals surface area contributed by atoms with Crippen LogP contribution in [0, 0.1) is 10.5 Å². The molecule has 5 heteroatoms. The second-order valence-corrected chi connectivity index (χ2v) is 5.49. The fraction of sp³-hybridized carbons (Fsp3) is 0.385. The summed E-state index contributed by atoms with van der Waals surface area (Å²) in [6.07, 6.45) is 0. The second-order valence-electron chi connectivity index (χ2n) is 4.41. The van der Waals surface area contributed by atoms with E-state index in [2.05, 4.69) is 51.7 Å². The lowest BCUT2D eigenvalue weighted by Gasteiger charge is -2.12. The van der Waals surface area contributed by atoms with Gasteiger partial charge in [-0.1, -0.05) is 13.8 Å². The molecule has 0 aliphatic rings. The minimum Gasteiger partial charge on any atom is -0.458 e. The molecule has 1 N–H and O–H groups in total. The van der Waals surface area contributed by atoms with Crippen LogP contribution in [0.4, 0.5) is 5.82 Å². The van der Waals surface area contributed by atoms with Crippen LogP contribution in [-0.2, 0) is 0 Å². The Balaban J connectivity index is 2.58. The zero-order valence-electron chi connectivity index (χ0n) is 10.9. The van der Waals surface area contributed by atoms with E-state index >= 15 is 0 Å². The summed E-state index contributed by atoms with van der Waals surface area (Å²) in [5, 5.41) is 3.11. The number of anilines is 1. The van der Waals surface area contributed by atoms with Crippen molar-refractivity contribution in [1.82, 2.24) is 9.97 Å². The fourth-order valence-corrected chi connectivity index (χ4v) is 2.81. The summed E-state index contributed by atoms with van der Waals surface area (Å²) in [6, 6.07) is 3.83. The number of aryl methyl sites for hydroxylation is 1. The summed E-state index contributed by atoms with van der Waals surface area (Å²) in [5.74, 6) is 3.41. The highest BCUT2D eigenvalue weighted by atomic mass is 127. The van der Waals surface area contributed by atoms with Crippen LogP contribution >= 0.6 is 22.6 Å². The lowest BCUT2D eigenvalue weighted by molar-refractivity contribution is 0.543. The Morgan fingerprint density at radius 2 is 2.00 bits per heavy atom. The molecule has 0 atom stereocenters. The normalized spacial score (nSPS) is 11.0. The van der Waals surface area contributed by atoms with Gasteiger partial charge in [0.25, 0.3) is 0 Å². The maximum absolute atomic E-state index is 5.59. The molecule has 0 radical (unpaired) electrons. The molecule has 2 heterocycles. The van der Waals surface area contributed by atoms with E-state index in [1.54, 1.807) is 0 Å². The molecule has 4 nitrogen and oxygen atoms in total. The molecule has 2 aromatic rings. The lowest BCUT2D eigenvalue weighted by Crippen LogP contribution is -2.06. The van der Waals surface area contributed by atoms with Crippen LogP contribution in [0.15, 0.2) is 16.5 Å². The molecule has 96 valence electrons. The van der Waals surface area contributed by atoms with E-state index in [1.807, 2.05) is 26.1 Å². The van der Waals surface area contributed by atoms with Crippen molar-refractivity contribution in [1.29, 1.82) is 0 Å². The van der Waals surface area contributed by atoms with Crippen LogP contribution in [0.3, 0.4) is 0 Å². The topological polar surface area (TPSA) is 51.0 Å². The zero-order chi connectivity index (χ0) is 13.3. The van der Waals surface area contributed by atoms with Gasteiger partial charge in [-0.3, -0.25) is 0 Å². The van der Waals surface area contributed by atoms with Crippen LogP contribution in [0.2, 0.25) is 0 Å². The van der Waals surface area contributed by atoms with Crippen molar-refractivity contribution in [2.75, 3.05) is 12.4 Å². The molecule has 0 aromatic carbocycles. The summed E-state index contributed by atoms with van der Waals surface area (Å²) in [4.78, 5) is 9.11. The highest BCUT2D eigenvalue weighted by molar-refractivity contribution is 14.1. The molecule has 0 saturated heterocycles. The quantitative estimate of drug-likeness (QED) is 0.849. The van der Waals surface area contributed by atoms with E-state index in [-0.39, 0.29) is 0 Å². The van der Waals surface area contributed by atoms with Gasteiger partial charge in [-0.15, -0.1) is 0 Å². The first kappa shape index (κ1) is 13.3. The maximum atomic E-state index is 5.59. The van der Waals surface area contributed by atoms with Crippen LogP contribution in [0.1, 0.15) is 31.2 Å². The van der Waals surface area contributed by atoms with E-state index in [0.717, 1.165) is 20.8 Å². The van der Waals surface area contributed by atoms with Crippen LogP contribution in [0.5, 0.6) is 0 Å². The smallest absolute Gasteiger partial charge is 0.197 e. The number of aromatic nitrogens is 2. The SMILES string of the molecule is CNc1nc(-c2ccc(C)o2)nc(C(C)C)c1I. The monoisotopic (exact) mass is 357 g/mol. The van der Waals surface area contributed by atoms with Gasteiger partial charge in [0.2, 0.25) is 0 Å². The van der Waals surface area contributed by atoms with Gasteiger partial charge in [0, 0.05) is 7.05 Å². The summed E-state index contributed by atoms with van der Waals surface area (Å²) in [7, 11) is 1.87. The molecular formula is C13H16IN3O. The van der Waals surface area contributed by atoms with Gasteiger partial charge in [0.05, 0.1) is 9.26 Å². The first-order valence-electron chi connectivity index (χ1n) is 5.85. The minimum absolute atomic E-state index is 0.349. The predicted octanol–water partition coefficient (Wildman–Crippen LogP) is 3.81. The molecular weight excluding hydrogens is 341 g/mol. The summed E-state index contributed by atoms with van der Waals surface area (Å²) < 4.78 is 6.66. The van der Waals surface area contributed by atoms with Gasteiger partial charge in [-0.25, -0.2) is 9.97 Å². The Morgan fingerprint density at radius 3 is 2.50 bits per heavy atom. The molecule has 0 spiro atoms. The van der Waals surface area contributed by atoms with Crippen LogP contribution in [0.25, 0.3) is 11.6 Å². The molecule has 2 rings (SSSR count). The van der Waals surface area contributed by atoms with E-state index in [4.69, 9.17) is 4.42 Å². The molecule has 2 aromatic heterocycles. The van der Waals surface area contributed by atoms with Crippen molar-refractivity contribution in [3.63, 3.8) is 0 Å². The number of nitrogens with one attached hydrogen (secondary N) is 1. The van der Waals surface area contributed by atoms with Gasteiger partial charge in [-0.2, -0.15) is 0 Å². The number of halogens is 1. The number of hydrogen-bond donors (Lipinski definition) is 1. The fourth-order valence-electron chi connectivity index (χ4n) is 1.68. The Kier molecular flexibility index (Phi) is 3.89. The third-order valence-electron chi connectivity index (χ3n) is 2.62. The largest absolute Gasteiger partial charge is 0.458 e. The lowest BCUT2D eigenvalue weighted by atomic mass is 10.1. The minimum atomic E-state index is 0.349. The first-order chi connectivity index (χ1) is 8.52. The van der Waals surface area contributed by atoms with E-state index < -0.39 is 0 Å². The average Bonchev–Trinajstić information content (AvgIpc) is 2.76. The van der Waals surface area contributed by atoms with E-state index in [9.17, 15) is 0 Å².